The van der Waals surface area contributed by atoms with Crippen molar-refractivity contribution in [3.8, 4) is 10.6 Å². The van der Waals surface area contributed by atoms with Crippen LogP contribution < -0.4 is 5.32 Å². The van der Waals surface area contributed by atoms with Gasteiger partial charge < -0.3 is 10.1 Å². The lowest BCUT2D eigenvalue weighted by Gasteiger charge is -2.16. The first-order chi connectivity index (χ1) is 14.5. The summed E-state index contributed by atoms with van der Waals surface area (Å²) in [5.41, 5.74) is 3.56. The number of nitrogens with one attached hydrogen (secondary N) is 1. The average Bonchev–Trinajstić information content (AvgIpc) is 3.28. The topological polar surface area (TPSA) is 68.3 Å². The van der Waals surface area contributed by atoms with Crippen LogP contribution in [0.4, 0.5) is 0 Å². The number of amides is 1. The molecule has 1 N–H and O–H groups in total. The van der Waals surface area contributed by atoms with E-state index in [1.54, 1.807) is 12.3 Å². The number of thiazole rings is 1. The van der Waals surface area contributed by atoms with Crippen molar-refractivity contribution in [1.29, 1.82) is 0 Å². The summed E-state index contributed by atoms with van der Waals surface area (Å²) in [6.07, 6.45) is 0.0780. The minimum absolute atomic E-state index is 0.165. The van der Waals surface area contributed by atoms with Gasteiger partial charge in [0.25, 0.3) is 5.91 Å². The third-order valence-electron chi connectivity index (χ3n) is 4.93. The number of ether oxygens (including phenoxy) is 1. The highest BCUT2D eigenvalue weighted by Crippen LogP contribution is 2.24. The van der Waals surface area contributed by atoms with Gasteiger partial charge in [-0.25, -0.2) is 9.78 Å². The second-order valence-corrected chi connectivity index (χ2v) is 8.05. The van der Waals surface area contributed by atoms with Gasteiger partial charge in [0.2, 0.25) is 0 Å². The summed E-state index contributed by atoms with van der Waals surface area (Å²) in [6.45, 7) is 6.18. The number of nitrogens with zero attached hydrogens (tertiary/aromatic N) is 1. The predicted octanol–water partition coefficient (Wildman–Crippen LogP) is 4.84. The highest BCUT2D eigenvalue weighted by atomic mass is 32.1. The molecule has 0 saturated heterocycles. The van der Waals surface area contributed by atoms with Crippen molar-refractivity contribution >= 4 is 23.2 Å². The van der Waals surface area contributed by atoms with Crippen LogP contribution in [0.3, 0.4) is 0 Å². The Hall–Kier alpha value is -2.99. The van der Waals surface area contributed by atoms with Crippen LogP contribution in [-0.2, 0) is 16.0 Å². The first-order valence-electron chi connectivity index (χ1n) is 10.1. The number of aromatic nitrogens is 1. The molecule has 5 nitrogen and oxygen atoms in total. The van der Waals surface area contributed by atoms with Gasteiger partial charge in [-0.3, -0.25) is 4.79 Å². The summed E-state index contributed by atoms with van der Waals surface area (Å²) >= 11 is 1.38. The van der Waals surface area contributed by atoms with Crippen molar-refractivity contribution in [2.45, 2.75) is 39.2 Å². The zero-order chi connectivity index (χ0) is 21.5. The molecule has 0 aliphatic carbocycles. The molecule has 1 aromatic heterocycles. The average molecular weight is 423 g/mol. The third kappa shape index (κ3) is 5.54. The van der Waals surface area contributed by atoms with E-state index in [0.29, 0.717) is 6.54 Å². The second kappa shape index (κ2) is 10.2. The van der Waals surface area contributed by atoms with E-state index in [4.69, 9.17) is 4.74 Å². The highest BCUT2D eigenvalue weighted by Gasteiger charge is 2.21. The fourth-order valence-electron chi connectivity index (χ4n) is 2.95. The Morgan fingerprint density at radius 1 is 1.07 bits per heavy atom. The first-order valence-corrected chi connectivity index (χ1v) is 10.9. The second-order valence-electron chi connectivity index (χ2n) is 7.19. The van der Waals surface area contributed by atoms with Crippen molar-refractivity contribution in [2.24, 2.45) is 0 Å². The van der Waals surface area contributed by atoms with Crippen LogP contribution in [-0.4, -0.2) is 29.5 Å². The molecule has 0 spiro atoms. The quantitative estimate of drug-likeness (QED) is 0.528. The summed E-state index contributed by atoms with van der Waals surface area (Å²) in [7, 11) is 0. The summed E-state index contributed by atoms with van der Waals surface area (Å²) in [6, 6.07) is 18.0. The number of rotatable bonds is 8. The van der Waals surface area contributed by atoms with Gasteiger partial charge in [-0.2, -0.15) is 0 Å². The van der Waals surface area contributed by atoms with Crippen LogP contribution in [0.2, 0.25) is 0 Å². The Morgan fingerprint density at radius 3 is 2.43 bits per heavy atom. The van der Waals surface area contributed by atoms with Crippen LogP contribution in [0.5, 0.6) is 0 Å². The molecular weight excluding hydrogens is 396 g/mol. The number of benzene rings is 2. The summed E-state index contributed by atoms with van der Waals surface area (Å²) in [4.78, 5) is 29.1. The van der Waals surface area contributed by atoms with Gasteiger partial charge in [0, 0.05) is 17.5 Å². The lowest BCUT2D eigenvalue weighted by Crippen LogP contribution is -2.37. The van der Waals surface area contributed by atoms with E-state index in [0.717, 1.165) is 22.6 Å². The van der Waals surface area contributed by atoms with Crippen molar-refractivity contribution in [3.63, 3.8) is 0 Å². The summed E-state index contributed by atoms with van der Waals surface area (Å²) in [5, 5.41) is 5.25. The van der Waals surface area contributed by atoms with E-state index >= 15 is 0 Å². The van der Waals surface area contributed by atoms with E-state index in [1.807, 2.05) is 49.4 Å². The van der Waals surface area contributed by atoms with Gasteiger partial charge in [0.1, 0.15) is 5.01 Å². The van der Waals surface area contributed by atoms with Crippen molar-refractivity contribution in [3.05, 3.63) is 76.8 Å². The van der Waals surface area contributed by atoms with E-state index in [-0.39, 0.29) is 17.5 Å². The molecule has 1 heterocycles. The van der Waals surface area contributed by atoms with Crippen molar-refractivity contribution in [1.82, 2.24) is 10.3 Å². The first kappa shape index (κ1) is 21.7. The molecule has 1 amide bonds. The fourth-order valence-corrected chi connectivity index (χ4v) is 3.75. The predicted molar refractivity (Wildman–Crippen MR) is 120 cm³/mol. The molecule has 0 fully saturated rings. The maximum absolute atomic E-state index is 12.4. The highest BCUT2D eigenvalue weighted by molar-refractivity contribution is 7.13. The maximum Gasteiger partial charge on any atom is 0.358 e. The largest absolute Gasteiger partial charge is 0.448 e. The van der Waals surface area contributed by atoms with Crippen molar-refractivity contribution in [2.75, 3.05) is 6.54 Å². The molecule has 2 aromatic carbocycles. The lowest BCUT2D eigenvalue weighted by atomic mass is 10.0. The maximum atomic E-state index is 12.4. The van der Waals surface area contributed by atoms with Gasteiger partial charge in [-0.15, -0.1) is 11.3 Å². The minimum atomic E-state index is -0.894. The monoisotopic (exact) mass is 422 g/mol. The standard InChI is InChI=1S/C24H26N2O3S/c1-4-18-10-12-20(13-11-18)23-26-21(15-30-23)24(28)29-17(3)22(27)25-14-16(2)19-8-6-5-7-9-19/h5-13,15-17H,4,14H2,1-3H3,(H,25,27)/t16-,17-/m1/s1. The summed E-state index contributed by atoms with van der Waals surface area (Å²) < 4.78 is 5.32. The van der Waals surface area contributed by atoms with E-state index in [1.165, 1.54) is 16.9 Å². The van der Waals surface area contributed by atoms with E-state index in [2.05, 4.69) is 29.4 Å². The van der Waals surface area contributed by atoms with E-state index < -0.39 is 12.1 Å². The minimum Gasteiger partial charge on any atom is -0.448 e. The number of hydrogen-bond donors (Lipinski definition) is 1. The molecule has 0 unspecified atom stereocenters. The molecule has 3 aromatic rings. The van der Waals surface area contributed by atoms with Crippen molar-refractivity contribution < 1.29 is 14.3 Å². The van der Waals surface area contributed by atoms with Gasteiger partial charge >= 0.3 is 5.97 Å². The summed E-state index contributed by atoms with van der Waals surface area (Å²) in [5.74, 6) is -0.753. The lowest BCUT2D eigenvalue weighted by molar-refractivity contribution is -0.129. The zero-order valence-electron chi connectivity index (χ0n) is 17.4. The number of aryl methyl sites for hydroxylation is 1. The van der Waals surface area contributed by atoms with Gasteiger partial charge in [-0.1, -0.05) is 68.4 Å². The molecular formula is C24H26N2O3S. The number of hydrogen-bond acceptors (Lipinski definition) is 5. The van der Waals surface area contributed by atoms with Crippen LogP contribution in [0.15, 0.2) is 60.0 Å². The van der Waals surface area contributed by atoms with Gasteiger partial charge in [-0.05, 0) is 30.4 Å². The van der Waals surface area contributed by atoms with Gasteiger partial charge in [0.05, 0.1) is 0 Å². The molecule has 6 heteroatoms. The Morgan fingerprint density at radius 2 is 1.77 bits per heavy atom. The Kier molecular flexibility index (Phi) is 7.36. The van der Waals surface area contributed by atoms with Gasteiger partial charge in [0.15, 0.2) is 11.8 Å². The Bertz CT molecular complexity index is 983. The molecule has 30 heavy (non-hydrogen) atoms. The molecule has 0 bridgehead atoms. The fraction of sp³-hybridized carbons (Fsp3) is 0.292. The van der Waals surface area contributed by atoms with Crippen LogP contribution >= 0.6 is 11.3 Å². The number of carbonyl (C=O) groups excluding carboxylic acids is 2. The number of carbonyl (C=O) groups is 2. The Balaban J connectivity index is 1.53. The normalized spacial score (nSPS) is 12.8. The molecule has 0 radical (unpaired) electrons. The number of esters is 1. The molecule has 0 aliphatic heterocycles. The zero-order valence-corrected chi connectivity index (χ0v) is 18.2. The Labute approximate surface area is 181 Å². The van der Waals surface area contributed by atoms with Crippen LogP contribution in [0, 0.1) is 0 Å². The smallest absolute Gasteiger partial charge is 0.358 e. The van der Waals surface area contributed by atoms with Crippen LogP contribution in [0.1, 0.15) is 48.3 Å². The third-order valence-corrected chi connectivity index (χ3v) is 5.82. The van der Waals surface area contributed by atoms with Crippen LogP contribution in [0.25, 0.3) is 10.6 Å². The molecule has 3 rings (SSSR count). The van der Waals surface area contributed by atoms with E-state index in [9.17, 15) is 9.59 Å². The molecule has 2 atom stereocenters. The SMILES string of the molecule is CCc1ccc(-c2nc(C(=O)O[C@H](C)C(=O)NC[C@@H](C)c3ccccc3)cs2)cc1. The molecule has 0 saturated carbocycles. The molecule has 0 aliphatic rings. The molecule has 156 valence electrons.